The first-order chi connectivity index (χ1) is 8.65. The quantitative estimate of drug-likeness (QED) is 0.435. The van der Waals surface area contributed by atoms with Crippen molar-refractivity contribution in [2.24, 2.45) is 5.73 Å². The maximum Gasteiger partial charge on any atom is 0.131 e. The molecule has 1 aromatic rings. The van der Waals surface area contributed by atoms with E-state index in [1.54, 1.807) is 19.2 Å². The molecule has 1 rings (SSSR count). The highest BCUT2D eigenvalue weighted by Gasteiger charge is 2.07. The Labute approximate surface area is 115 Å². The normalized spacial score (nSPS) is 10.3. The molecule has 1 aromatic carbocycles. The summed E-state index contributed by atoms with van der Waals surface area (Å²) in [6.07, 6.45) is 0. The van der Waals surface area contributed by atoms with Gasteiger partial charge in [0.1, 0.15) is 18.2 Å². The summed E-state index contributed by atoms with van der Waals surface area (Å²) < 4.78 is 16.6. The van der Waals surface area contributed by atoms with Crippen LogP contribution < -0.4 is 10.5 Å². The number of amidine groups is 1. The first-order valence-electron chi connectivity index (χ1n) is 5.48. The molecule has 0 aliphatic carbocycles. The molecule has 0 spiro atoms. The first-order valence-corrected chi connectivity index (χ1v) is 6.28. The minimum absolute atomic E-state index is 0.0159. The van der Waals surface area contributed by atoms with Crippen LogP contribution in [0, 0.1) is 5.41 Å². The van der Waals surface area contributed by atoms with Crippen LogP contribution in [0.4, 0.5) is 0 Å². The van der Waals surface area contributed by atoms with Crippen molar-refractivity contribution in [2.45, 2.75) is 0 Å². The van der Waals surface area contributed by atoms with Gasteiger partial charge < -0.3 is 19.9 Å². The van der Waals surface area contributed by atoms with Crippen LogP contribution in [0.2, 0.25) is 0 Å². The van der Waals surface area contributed by atoms with Gasteiger partial charge in [0.05, 0.1) is 25.4 Å². The molecular formula is C12H17BrN2O3. The van der Waals surface area contributed by atoms with Crippen LogP contribution in [0.1, 0.15) is 5.56 Å². The SMILES string of the molecule is COCCOCCOc1cc(Br)ccc1C(=N)N. The Bertz CT molecular complexity index is 399. The van der Waals surface area contributed by atoms with E-state index in [2.05, 4.69) is 15.9 Å². The summed E-state index contributed by atoms with van der Waals surface area (Å²) in [6, 6.07) is 5.35. The van der Waals surface area contributed by atoms with Crippen LogP contribution in [-0.4, -0.2) is 39.4 Å². The van der Waals surface area contributed by atoms with Crippen LogP contribution in [-0.2, 0) is 9.47 Å². The average molecular weight is 317 g/mol. The van der Waals surface area contributed by atoms with Crippen LogP contribution in [0.5, 0.6) is 5.75 Å². The second-order valence-corrected chi connectivity index (χ2v) is 4.42. The number of nitrogen functional groups attached to an aromatic ring is 1. The van der Waals surface area contributed by atoms with Gasteiger partial charge in [-0.3, -0.25) is 5.41 Å². The lowest BCUT2D eigenvalue weighted by Gasteiger charge is -2.11. The molecule has 0 heterocycles. The highest BCUT2D eigenvalue weighted by molar-refractivity contribution is 9.10. The maximum absolute atomic E-state index is 7.45. The van der Waals surface area contributed by atoms with E-state index >= 15 is 0 Å². The molecule has 0 amide bonds. The Hall–Kier alpha value is -1.11. The predicted molar refractivity (Wildman–Crippen MR) is 73.3 cm³/mol. The molecule has 0 unspecified atom stereocenters. The van der Waals surface area contributed by atoms with Crippen molar-refractivity contribution in [1.82, 2.24) is 0 Å². The van der Waals surface area contributed by atoms with Gasteiger partial charge in [-0.15, -0.1) is 0 Å². The number of hydrogen-bond acceptors (Lipinski definition) is 4. The summed E-state index contributed by atoms with van der Waals surface area (Å²) in [4.78, 5) is 0. The van der Waals surface area contributed by atoms with Gasteiger partial charge >= 0.3 is 0 Å². The van der Waals surface area contributed by atoms with Crippen molar-refractivity contribution < 1.29 is 14.2 Å². The molecule has 3 N–H and O–H groups in total. The minimum atomic E-state index is -0.0159. The number of nitrogens with two attached hydrogens (primary N) is 1. The molecule has 18 heavy (non-hydrogen) atoms. The van der Waals surface area contributed by atoms with Crippen molar-refractivity contribution in [3.8, 4) is 5.75 Å². The minimum Gasteiger partial charge on any atom is -0.490 e. The van der Waals surface area contributed by atoms with Gasteiger partial charge in [-0.1, -0.05) is 15.9 Å². The fourth-order valence-electron chi connectivity index (χ4n) is 1.29. The van der Waals surface area contributed by atoms with Crippen molar-refractivity contribution in [1.29, 1.82) is 5.41 Å². The second-order valence-electron chi connectivity index (χ2n) is 3.51. The van der Waals surface area contributed by atoms with E-state index in [0.29, 0.717) is 37.7 Å². The molecule has 0 bridgehead atoms. The van der Waals surface area contributed by atoms with Crippen LogP contribution in [0.15, 0.2) is 22.7 Å². The molecular weight excluding hydrogens is 300 g/mol. The molecule has 6 heteroatoms. The number of ether oxygens (including phenoxy) is 3. The Morgan fingerprint density at radius 1 is 1.28 bits per heavy atom. The molecule has 0 aliphatic heterocycles. The molecule has 0 atom stereocenters. The topological polar surface area (TPSA) is 77.6 Å². The summed E-state index contributed by atoms with van der Waals surface area (Å²) in [5.74, 6) is 0.560. The Morgan fingerprint density at radius 3 is 2.67 bits per heavy atom. The van der Waals surface area contributed by atoms with E-state index < -0.39 is 0 Å². The molecule has 100 valence electrons. The van der Waals surface area contributed by atoms with Gasteiger partial charge in [0.25, 0.3) is 0 Å². The van der Waals surface area contributed by atoms with Crippen LogP contribution >= 0.6 is 15.9 Å². The zero-order valence-corrected chi connectivity index (χ0v) is 11.8. The molecule has 0 fully saturated rings. The molecule has 0 aliphatic rings. The summed E-state index contributed by atoms with van der Waals surface area (Å²) in [5, 5.41) is 7.45. The molecule has 0 saturated heterocycles. The summed E-state index contributed by atoms with van der Waals surface area (Å²) in [5.41, 5.74) is 6.05. The number of halogens is 1. The van der Waals surface area contributed by atoms with E-state index in [-0.39, 0.29) is 5.84 Å². The highest BCUT2D eigenvalue weighted by Crippen LogP contribution is 2.23. The highest BCUT2D eigenvalue weighted by atomic mass is 79.9. The standard InChI is InChI=1S/C12H17BrN2O3/c1-16-4-5-17-6-7-18-11-8-9(13)2-3-10(11)12(14)15/h2-3,8H,4-7H2,1H3,(H3,14,15). The van der Waals surface area contributed by atoms with Crippen LogP contribution in [0.3, 0.4) is 0 Å². The molecule has 0 radical (unpaired) electrons. The van der Waals surface area contributed by atoms with Crippen molar-refractivity contribution in [3.63, 3.8) is 0 Å². The zero-order valence-electron chi connectivity index (χ0n) is 10.2. The van der Waals surface area contributed by atoms with Crippen molar-refractivity contribution >= 4 is 21.8 Å². The third-order valence-corrected chi connectivity index (χ3v) is 2.64. The van der Waals surface area contributed by atoms with Gasteiger partial charge in [-0.2, -0.15) is 0 Å². The lowest BCUT2D eigenvalue weighted by Crippen LogP contribution is -2.15. The van der Waals surface area contributed by atoms with Gasteiger partial charge in [0.15, 0.2) is 0 Å². The summed E-state index contributed by atoms with van der Waals surface area (Å²) >= 11 is 3.35. The van der Waals surface area contributed by atoms with Crippen LogP contribution in [0.25, 0.3) is 0 Å². The number of hydrogen-bond donors (Lipinski definition) is 2. The fourth-order valence-corrected chi connectivity index (χ4v) is 1.63. The maximum atomic E-state index is 7.45. The Balaban J connectivity index is 2.45. The number of benzene rings is 1. The smallest absolute Gasteiger partial charge is 0.131 e. The van der Waals surface area contributed by atoms with Gasteiger partial charge in [-0.25, -0.2) is 0 Å². The average Bonchev–Trinajstić information content (AvgIpc) is 2.33. The van der Waals surface area contributed by atoms with E-state index in [4.69, 9.17) is 25.4 Å². The number of nitrogens with one attached hydrogen (secondary N) is 1. The van der Waals surface area contributed by atoms with Gasteiger partial charge in [0, 0.05) is 11.6 Å². The van der Waals surface area contributed by atoms with Crippen molar-refractivity contribution in [3.05, 3.63) is 28.2 Å². The van der Waals surface area contributed by atoms with E-state index in [9.17, 15) is 0 Å². The predicted octanol–water partition coefficient (Wildman–Crippen LogP) is 1.77. The Morgan fingerprint density at radius 2 is 2.00 bits per heavy atom. The Kier molecular flexibility index (Phi) is 6.70. The summed E-state index contributed by atoms with van der Waals surface area (Å²) in [6.45, 7) is 1.97. The second kappa shape index (κ2) is 8.07. The van der Waals surface area contributed by atoms with Gasteiger partial charge in [0.2, 0.25) is 0 Å². The lowest BCUT2D eigenvalue weighted by molar-refractivity contribution is 0.0544. The molecule has 0 saturated carbocycles. The molecule has 5 nitrogen and oxygen atoms in total. The largest absolute Gasteiger partial charge is 0.490 e. The number of methoxy groups -OCH3 is 1. The van der Waals surface area contributed by atoms with Gasteiger partial charge in [-0.05, 0) is 18.2 Å². The lowest BCUT2D eigenvalue weighted by atomic mass is 10.2. The third-order valence-electron chi connectivity index (χ3n) is 2.15. The van der Waals surface area contributed by atoms with E-state index in [0.717, 1.165) is 4.47 Å². The first kappa shape index (κ1) is 14.9. The zero-order chi connectivity index (χ0) is 13.4. The molecule has 0 aromatic heterocycles. The van der Waals surface area contributed by atoms with E-state index in [1.165, 1.54) is 0 Å². The van der Waals surface area contributed by atoms with Crippen molar-refractivity contribution in [2.75, 3.05) is 33.5 Å². The third kappa shape index (κ3) is 5.03. The van der Waals surface area contributed by atoms with E-state index in [1.807, 2.05) is 6.07 Å². The monoisotopic (exact) mass is 316 g/mol. The fraction of sp³-hybridized carbons (Fsp3) is 0.417. The number of rotatable bonds is 8. The summed E-state index contributed by atoms with van der Waals surface area (Å²) in [7, 11) is 1.63.